The van der Waals surface area contributed by atoms with Crippen molar-refractivity contribution in [3.8, 4) is 0 Å². The van der Waals surface area contributed by atoms with E-state index in [4.69, 9.17) is 11.6 Å². The molecular weight excluding hydrogens is 290 g/mol. The second-order valence-electron chi connectivity index (χ2n) is 4.22. The first kappa shape index (κ1) is 14.1. The largest absolute Gasteiger partial charge is 0.373 e. The highest BCUT2D eigenvalue weighted by atomic mass is 35.5. The van der Waals surface area contributed by atoms with Crippen LogP contribution in [0.25, 0.3) is 0 Å². The van der Waals surface area contributed by atoms with E-state index in [9.17, 15) is 13.2 Å². The molecule has 0 aliphatic carbocycles. The number of nitrogens with one attached hydrogen (secondary N) is 1. The van der Waals surface area contributed by atoms with Gasteiger partial charge in [0.15, 0.2) is 9.84 Å². The molecule has 1 N–H and O–H groups in total. The zero-order valence-electron chi connectivity index (χ0n) is 10.4. The van der Waals surface area contributed by atoms with Crippen LogP contribution in [0.3, 0.4) is 0 Å². The predicted molar refractivity (Wildman–Crippen MR) is 73.4 cm³/mol. The first-order valence-corrected chi connectivity index (χ1v) is 7.97. The van der Waals surface area contributed by atoms with E-state index in [-0.39, 0.29) is 41.2 Å². The number of anilines is 1. The fourth-order valence-electron chi connectivity index (χ4n) is 1.80. The Hall–Kier alpha value is -1.34. The van der Waals surface area contributed by atoms with Gasteiger partial charge >= 0.3 is 0 Å². The summed E-state index contributed by atoms with van der Waals surface area (Å²) in [5.41, 5.74) is 0.146. The summed E-state index contributed by atoms with van der Waals surface area (Å²) in [6.45, 7) is 0.367. The molecule has 0 bridgehead atoms. The number of hydrogen-bond acceptors (Lipinski definition) is 5. The summed E-state index contributed by atoms with van der Waals surface area (Å²) in [6.07, 6.45) is 0. The van der Waals surface area contributed by atoms with Crippen LogP contribution in [0.2, 0.25) is 5.02 Å². The molecule has 1 aliphatic rings. The topological polar surface area (TPSA) is 79.4 Å². The van der Waals surface area contributed by atoms with Crippen LogP contribution >= 0.6 is 11.6 Å². The quantitative estimate of drug-likeness (QED) is 0.867. The lowest BCUT2D eigenvalue weighted by atomic mass is 10.3. The van der Waals surface area contributed by atoms with Gasteiger partial charge in [-0.3, -0.25) is 4.79 Å². The van der Waals surface area contributed by atoms with Crippen LogP contribution in [0.4, 0.5) is 5.82 Å². The van der Waals surface area contributed by atoms with Gasteiger partial charge in [-0.1, -0.05) is 11.6 Å². The maximum Gasteiger partial charge on any atom is 0.274 e. The van der Waals surface area contributed by atoms with Gasteiger partial charge in [-0.25, -0.2) is 13.4 Å². The van der Waals surface area contributed by atoms with Crippen LogP contribution in [0, 0.1) is 0 Å². The second kappa shape index (κ2) is 5.34. The molecule has 2 rings (SSSR count). The van der Waals surface area contributed by atoms with Crippen molar-refractivity contribution in [1.82, 2.24) is 9.88 Å². The Morgan fingerprint density at radius 2 is 2.00 bits per heavy atom. The first-order chi connectivity index (χ1) is 8.93. The summed E-state index contributed by atoms with van der Waals surface area (Å²) in [6, 6.07) is 3.26. The van der Waals surface area contributed by atoms with Gasteiger partial charge in [0.05, 0.1) is 16.5 Å². The number of carbonyl (C=O) groups excluding carboxylic acids is 1. The summed E-state index contributed by atoms with van der Waals surface area (Å²) >= 11 is 5.97. The summed E-state index contributed by atoms with van der Waals surface area (Å²) in [7, 11) is -1.32. The highest BCUT2D eigenvalue weighted by Crippen LogP contribution is 2.19. The molecule has 0 aromatic carbocycles. The van der Waals surface area contributed by atoms with E-state index in [2.05, 4.69) is 10.3 Å². The molecule has 1 aromatic rings. The van der Waals surface area contributed by atoms with E-state index in [1.165, 1.54) is 4.90 Å². The Morgan fingerprint density at radius 1 is 1.37 bits per heavy atom. The monoisotopic (exact) mass is 303 g/mol. The Morgan fingerprint density at radius 3 is 2.58 bits per heavy atom. The van der Waals surface area contributed by atoms with Crippen molar-refractivity contribution in [3.63, 3.8) is 0 Å². The number of rotatable bonds is 2. The Bertz CT molecular complexity index is 589. The standard InChI is InChI=1S/C11H14ClN3O3S/c1-13-9-3-2-8(12)10(14-9)11(16)15-4-6-19(17,18)7-5-15/h2-3H,4-7H2,1H3,(H,13,14). The lowest BCUT2D eigenvalue weighted by Gasteiger charge is -2.26. The van der Waals surface area contributed by atoms with E-state index in [0.717, 1.165) is 0 Å². The van der Waals surface area contributed by atoms with E-state index >= 15 is 0 Å². The second-order valence-corrected chi connectivity index (χ2v) is 6.93. The fourth-order valence-corrected chi connectivity index (χ4v) is 3.18. The molecule has 0 radical (unpaired) electrons. The summed E-state index contributed by atoms with van der Waals surface area (Å²) in [4.78, 5) is 17.8. The van der Waals surface area contributed by atoms with Gasteiger partial charge < -0.3 is 10.2 Å². The molecule has 1 aliphatic heterocycles. The molecule has 19 heavy (non-hydrogen) atoms. The zero-order valence-corrected chi connectivity index (χ0v) is 12.0. The van der Waals surface area contributed by atoms with Crippen molar-refractivity contribution in [1.29, 1.82) is 0 Å². The van der Waals surface area contributed by atoms with Gasteiger partial charge in [0.25, 0.3) is 5.91 Å². The molecular formula is C11H14ClN3O3S. The predicted octanol–water partition coefficient (Wildman–Crippen LogP) is 0.647. The molecule has 8 heteroatoms. The van der Waals surface area contributed by atoms with Gasteiger partial charge in [0, 0.05) is 20.1 Å². The van der Waals surface area contributed by atoms with E-state index < -0.39 is 9.84 Å². The third kappa shape index (κ3) is 3.16. The van der Waals surface area contributed by atoms with Crippen LogP contribution in [-0.4, -0.2) is 55.9 Å². The number of sulfone groups is 1. The van der Waals surface area contributed by atoms with E-state index in [0.29, 0.717) is 5.82 Å². The minimum Gasteiger partial charge on any atom is -0.373 e. The molecule has 1 aromatic heterocycles. The van der Waals surface area contributed by atoms with Crippen molar-refractivity contribution < 1.29 is 13.2 Å². The highest BCUT2D eigenvalue weighted by molar-refractivity contribution is 7.91. The number of amides is 1. The van der Waals surface area contributed by atoms with Gasteiger partial charge in [-0.15, -0.1) is 0 Å². The smallest absolute Gasteiger partial charge is 0.274 e. The minimum absolute atomic E-state index is 0.0118. The van der Waals surface area contributed by atoms with Crippen molar-refractivity contribution in [2.45, 2.75) is 0 Å². The lowest BCUT2D eigenvalue weighted by molar-refractivity contribution is 0.0765. The molecule has 6 nitrogen and oxygen atoms in total. The van der Waals surface area contributed by atoms with E-state index in [1.54, 1.807) is 19.2 Å². The molecule has 1 fully saturated rings. The Balaban J connectivity index is 2.20. The first-order valence-electron chi connectivity index (χ1n) is 5.77. The SMILES string of the molecule is CNc1ccc(Cl)c(C(=O)N2CCS(=O)(=O)CC2)n1. The Labute approximate surface area is 116 Å². The maximum atomic E-state index is 12.3. The van der Waals surface area contributed by atoms with Crippen LogP contribution in [-0.2, 0) is 9.84 Å². The number of pyridine rings is 1. The van der Waals surface area contributed by atoms with Crippen LogP contribution in [0.1, 0.15) is 10.5 Å². The molecule has 0 unspecified atom stereocenters. The average Bonchev–Trinajstić information content (AvgIpc) is 2.38. The molecule has 1 amide bonds. The number of carbonyl (C=O) groups is 1. The van der Waals surface area contributed by atoms with Crippen molar-refractivity contribution in [2.24, 2.45) is 0 Å². The van der Waals surface area contributed by atoms with Crippen LogP contribution < -0.4 is 5.32 Å². The number of hydrogen-bond donors (Lipinski definition) is 1. The summed E-state index contributed by atoms with van der Waals surface area (Å²) in [5.74, 6) is 0.179. The van der Waals surface area contributed by atoms with Crippen LogP contribution in [0.15, 0.2) is 12.1 Å². The lowest BCUT2D eigenvalue weighted by Crippen LogP contribution is -2.44. The molecule has 1 saturated heterocycles. The van der Waals surface area contributed by atoms with Crippen molar-refractivity contribution in [2.75, 3.05) is 37.0 Å². The van der Waals surface area contributed by atoms with Crippen molar-refractivity contribution >= 4 is 33.2 Å². The van der Waals surface area contributed by atoms with Gasteiger partial charge in [-0.05, 0) is 12.1 Å². The van der Waals surface area contributed by atoms with Crippen molar-refractivity contribution in [3.05, 3.63) is 22.8 Å². The highest BCUT2D eigenvalue weighted by Gasteiger charge is 2.27. The average molecular weight is 304 g/mol. The molecule has 0 saturated carbocycles. The fraction of sp³-hybridized carbons (Fsp3) is 0.455. The number of nitrogens with zero attached hydrogens (tertiary/aromatic N) is 2. The minimum atomic E-state index is -3.01. The molecule has 0 spiro atoms. The summed E-state index contributed by atoms with van der Waals surface area (Å²) < 4.78 is 22.7. The van der Waals surface area contributed by atoms with Gasteiger partial charge in [0.1, 0.15) is 11.5 Å². The molecule has 104 valence electrons. The number of halogens is 1. The number of aromatic nitrogens is 1. The van der Waals surface area contributed by atoms with E-state index in [1.807, 2.05) is 0 Å². The van der Waals surface area contributed by atoms with Gasteiger partial charge in [-0.2, -0.15) is 0 Å². The zero-order chi connectivity index (χ0) is 14.0. The maximum absolute atomic E-state index is 12.3. The normalized spacial score (nSPS) is 18.1. The third-order valence-corrected chi connectivity index (χ3v) is 4.85. The summed E-state index contributed by atoms with van der Waals surface area (Å²) in [5, 5.41) is 3.09. The third-order valence-electron chi connectivity index (χ3n) is 2.94. The molecule has 2 heterocycles. The van der Waals surface area contributed by atoms with Gasteiger partial charge in [0.2, 0.25) is 0 Å². The van der Waals surface area contributed by atoms with Crippen LogP contribution in [0.5, 0.6) is 0 Å². The molecule has 0 atom stereocenters. The Kier molecular flexibility index (Phi) is 3.96.